The van der Waals surface area contributed by atoms with Gasteiger partial charge in [0, 0.05) is 61.2 Å². The molecule has 600 valence electrons. The van der Waals surface area contributed by atoms with Crippen molar-refractivity contribution in [3.63, 3.8) is 0 Å². The molecule has 0 aliphatic heterocycles. The van der Waals surface area contributed by atoms with Crippen LogP contribution in [0.15, 0.2) is 256 Å². The van der Waals surface area contributed by atoms with E-state index in [9.17, 15) is 0 Å². The highest BCUT2D eigenvalue weighted by Gasteiger charge is 2.17. The number of hydrogen-bond donors (Lipinski definition) is 0. The highest BCUT2D eigenvalue weighted by atomic mass is 16.5. The molecule has 7 aromatic heterocycles. The van der Waals surface area contributed by atoms with E-state index in [1.807, 2.05) is 404 Å². The van der Waals surface area contributed by atoms with Crippen LogP contribution in [-0.4, -0.2) is 71.0 Å². The fourth-order valence-electron chi connectivity index (χ4n) is 8.36. The number of nitrogens with zero attached hydrogens (tertiary/aromatic N) is 14. The van der Waals surface area contributed by atoms with Crippen LogP contribution in [0.1, 0.15) is 197 Å². The van der Waals surface area contributed by atoms with Gasteiger partial charge in [-0.05, 0) is 87.5 Å². The number of aryl methyl sites for hydroxylation is 3. The summed E-state index contributed by atoms with van der Waals surface area (Å²) in [5.74, 6) is 7.34. The summed E-state index contributed by atoms with van der Waals surface area (Å²) in [6.45, 7) is 57.3. The first-order chi connectivity index (χ1) is 55.3. The van der Waals surface area contributed by atoms with Crippen LogP contribution < -0.4 is 0 Å². The number of aromatic nitrogens is 14. The molecule has 0 fully saturated rings. The third-order valence-corrected chi connectivity index (χ3v) is 12.5. The zero-order chi connectivity index (χ0) is 84.4. The van der Waals surface area contributed by atoms with Gasteiger partial charge in [-0.25, -0.2) is 0 Å². The van der Waals surface area contributed by atoms with Gasteiger partial charge in [0.1, 0.15) is 0 Å². The second-order valence-corrected chi connectivity index (χ2v) is 18.7. The highest BCUT2D eigenvalue weighted by molar-refractivity contribution is 5.69. The molecule has 15 rings (SSSR count). The molecule has 21 nitrogen and oxygen atoms in total. The Morgan fingerprint density at radius 3 is 0.464 bits per heavy atom. The summed E-state index contributed by atoms with van der Waals surface area (Å²) >= 11 is 0. The predicted molar refractivity (Wildman–Crippen MR) is 462 cm³/mol. The summed E-state index contributed by atoms with van der Waals surface area (Å²) in [6.07, 6.45) is 0. The van der Waals surface area contributed by atoms with Crippen molar-refractivity contribution >= 4 is 0 Å². The molecule has 112 heavy (non-hydrogen) atoms. The van der Waals surface area contributed by atoms with Crippen LogP contribution in [0.25, 0.3) is 126 Å². The van der Waals surface area contributed by atoms with Crippen molar-refractivity contribution in [3.8, 4) is 126 Å². The number of benzene rings is 8. The Balaban J connectivity index is 0. The van der Waals surface area contributed by atoms with Gasteiger partial charge in [-0.1, -0.05) is 374 Å². The Labute approximate surface area is 667 Å². The molecular weight excluding hydrogens is 1400 g/mol. The Hall–Kier alpha value is -12.3. The van der Waals surface area contributed by atoms with Crippen molar-refractivity contribution in [2.75, 3.05) is 0 Å². The second kappa shape index (κ2) is 64.7. The van der Waals surface area contributed by atoms with Gasteiger partial charge < -0.3 is 31.7 Å². The minimum Gasteiger partial charge on any atom is -0.334 e. The van der Waals surface area contributed by atoms with E-state index in [2.05, 4.69) is 71.0 Å². The second-order valence-electron chi connectivity index (χ2n) is 18.7. The zero-order valence-electron chi connectivity index (χ0n) is 72.0. The Morgan fingerprint density at radius 1 is 0.152 bits per heavy atom. The SMILES string of the molecule is CC.CC.CC.CC.CC.CC.CC.CC.CC.CC.CC.CC.CC.Cc1noc(-c2cccc(-c3nc(-c4ccccc4)no3)c2)n1.Cc1noc(-c2cccc(-c3nc(C)no3)c2)n1.c1ccc(-c2noc(-c3cccc(-c4nc(-c5ccccc5)no4)c3)n2)cc1.c1ccc(-c2noc(-c3ccccc3)n2)cc1. The van der Waals surface area contributed by atoms with Gasteiger partial charge in [0.2, 0.25) is 23.3 Å². The average molecular weight is 1530 g/mol. The Morgan fingerprint density at radius 2 is 0.295 bits per heavy atom. The fraction of sp³-hybridized carbons (Fsp3) is 0.319. The third-order valence-electron chi connectivity index (χ3n) is 12.5. The van der Waals surface area contributed by atoms with E-state index in [-0.39, 0.29) is 0 Å². The van der Waals surface area contributed by atoms with Crippen molar-refractivity contribution in [2.45, 2.75) is 201 Å². The van der Waals surface area contributed by atoms with E-state index >= 15 is 0 Å². The maximum absolute atomic E-state index is 5.44. The minimum atomic E-state index is 0.434. The smallest absolute Gasteiger partial charge is 0.258 e. The van der Waals surface area contributed by atoms with E-state index in [0.717, 1.165) is 61.2 Å². The molecule has 0 saturated carbocycles. The van der Waals surface area contributed by atoms with E-state index in [0.29, 0.717) is 82.0 Å². The number of hydrogen-bond acceptors (Lipinski definition) is 21. The van der Waals surface area contributed by atoms with Gasteiger partial charge in [-0.15, -0.1) is 0 Å². The van der Waals surface area contributed by atoms with Crippen molar-refractivity contribution in [1.29, 1.82) is 0 Å². The summed E-state index contributed by atoms with van der Waals surface area (Å²) in [6, 6.07) is 71.3. The van der Waals surface area contributed by atoms with Crippen molar-refractivity contribution in [2.24, 2.45) is 0 Å². The maximum Gasteiger partial charge on any atom is 0.258 e. The predicted octanol–water partition coefficient (Wildman–Crippen LogP) is 28.0. The molecule has 0 saturated heterocycles. The van der Waals surface area contributed by atoms with Crippen LogP contribution in [-0.2, 0) is 0 Å². The fourth-order valence-corrected chi connectivity index (χ4v) is 8.36. The van der Waals surface area contributed by atoms with Crippen molar-refractivity contribution in [3.05, 3.63) is 242 Å². The van der Waals surface area contributed by atoms with Gasteiger partial charge in [0.05, 0.1) is 0 Å². The lowest BCUT2D eigenvalue weighted by Gasteiger charge is -1.97. The van der Waals surface area contributed by atoms with E-state index in [1.165, 1.54) is 0 Å². The van der Waals surface area contributed by atoms with Gasteiger partial charge >= 0.3 is 0 Å². The molecule has 0 N–H and O–H groups in total. The molecule has 0 radical (unpaired) electrons. The minimum absolute atomic E-state index is 0.434. The monoisotopic (exact) mass is 1520 g/mol. The van der Waals surface area contributed by atoms with Crippen LogP contribution >= 0.6 is 0 Å². The quantitative estimate of drug-likeness (QED) is 0.116. The van der Waals surface area contributed by atoms with Crippen LogP contribution in [0, 0.1) is 20.8 Å². The molecule has 0 aliphatic rings. The summed E-state index contributed by atoms with van der Waals surface area (Å²) in [7, 11) is 0. The molecule has 0 aliphatic carbocycles. The molecule has 0 spiro atoms. The maximum atomic E-state index is 5.44. The van der Waals surface area contributed by atoms with Crippen LogP contribution in [0.3, 0.4) is 0 Å². The normalized spacial score (nSPS) is 8.94. The lowest BCUT2D eigenvalue weighted by Crippen LogP contribution is -1.83. The molecule has 15 aromatic rings. The molecule has 7 heterocycles. The summed E-state index contributed by atoms with van der Waals surface area (Å²) in [5, 5.41) is 27.5. The van der Waals surface area contributed by atoms with Crippen LogP contribution in [0.4, 0.5) is 0 Å². The highest BCUT2D eigenvalue weighted by Crippen LogP contribution is 2.31. The molecular formula is C91H124N14O7. The standard InChI is InChI=1S/C22H14N4O2.C17H12N4O2.C14H10N2O.C12H10N4O2.13C2H6/c1-3-8-15(9-4-1)19-23-21(27-25-19)17-12-7-13-18(14-17)22-24-20(26-28-22)16-10-5-2-6-11-16;1-11-18-16(22-20-11)13-8-5-9-14(10-13)17-19-15(21-23-17)12-6-3-2-4-7-12;1-3-7-11(8-4-1)13-15-14(17-16-13)12-9-5-2-6-10-12;1-7-13-11(17-15-7)9-4-3-5-10(6-9)12-14-8(2)16-18-12;13*1-2/h1-14H;2-10H,1H3;1-10H;3-6H,1-2H3;13*1-2H3. The van der Waals surface area contributed by atoms with Gasteiger partial charge in [0.15, 0.2) is 17.5 Å². The average Bonchev–Trinajstić information content (AvgIpc) is 1.67. The number of rotatable bonds is 11. The molecule has 21 heteroatoms. The molecule has 0 amide bonds. The van der Waals surface area contributed by atoms with Crippen LogP contribution in [0.2, 0.25) is 0 Å². The van der Waals surface area contributed by atoms with Gasteiger partial charge in [-0.3, -0.25) is 0 Å². The summed E-state index contributed by atoms with van der Waals surface area (Å²) in [5.41, 5.74) is 9.42. The zero-order valence-corrected chi connectivity index (χ0v) is 72.0. The third kappa shape index (κ3) is 33.7. The molecule has 0 atom stereocenters. The Kier molecular flexibility index (Phi) is 58.8. The lowest BCUT2D eigenvalue weighted by molar-refractivity contribution is 0.424. The first-order valence-electron chi connectivity index (χ1n) is 39.7. The van der Waals surface area contributed by atoms with E-state index in [4.69, 9.17) is 31.7 Å². The van der Waals surface area contributed by atoms with E-state index in [1.54, 1.807) is 20.8 Å². The first-order valence-corrected chi connectivity index (χ1v) is 39.7. The van der Waals surface area contributed by atoms with Crippen molar-refractivity contribution < 1.29 is 31.7 Å². The van der Waals surface area contributed by atoms with Gasteiger partial charge in [0.25, 0.3) is 41.2 Å². The van der Waals surface area contributed by atoms with E-state index < -0.39 is 0 Å². The topological polar surface area (TPSA) is 272 Å². The molecule has 0 unspecified atom stereocenters. The van der Waals surface area contributed by atoms with Crippen LogP contribution in [0.5, 0.6) is 0 Å². The Bertz CT molecular complexity index is 4400. The largest absolute Gasteiger partial charge is 0.334 e. The first kappa shape index (κ1) is 102. The van der Waals surface area contributed by atoms with Gasteiger partial charge in [-0.2, -0.15) is 34.9 Å². The van der Waals surface area contributed by atoms with Crippen molar-refractivity contribution in [1.82, 2.24) is 71.0 Å². The molecule has 0 bridgehead atoms. The summed E-state index contributed by atoms with van der Waals surface area (Å²) < 4.78 is 36.9. The summed E-state index contributed by atoms with van der Waals surface area (Å²) in [4.78, 5) is 30.4. The lowest BCUT2D eigenvalue weighted by atomic mass is 10.1. The molecule has 8 aromatic carbocycles.